The van der Waals surface area contributed by atoms with Crippen LogP contribution in [0.15, 0.2) is 70.5 Å². The first kappa shape index (κ1) is 27.4. The number of hydrogen-bond acceptors (Lipinski definition) is 8. The van der Waals surface area contributed by atoms with E-state index in [1.54, 1.807) is 66.8 Å². The van der Waals surface area contributed by atoms with Crippen molar-refractivity contribution in [3.63, 3.8) is 0 Å². The Morgan fingerprint density at radius 3 is 2.47 bits per heavy atom. The number of thiophene rings is 1. The number of aromatic nitrogens is 1. The molecule has 0 amide bonds. The van der Waals surface area contributed by atoms with Gasteiger partial charge in [-0.1, -0.05) is 35.9 Å². The molecule has 0 unspecified atom stereocenters. The highest BCUT2D eigenvalue weighted by Crippen LogP contribution is 2.26. The van der Waals surface area contributed by atoms with Gasteiger partial charge in [0.25, 0.3) is 0 Å². The maximum atomic E-state index is 13.1. The minimum atomic E-state index is -4.04. The van der Waals surface area contributed by atoms with Gasteiger partial charge in [0, 0.05) is 12.2 Å². The lowest BCUT2D eigenvalue weighted by Gasteiger charge is -2.22. The average molecular weight is 556 g/mol. The van der Waals surface area contributed by atoms with Gasteiger partial charge in [-0.25, -0.2) is 4.98 Å². The van der Waals surface area contributed by atoms with Crippen LogP contribution in [0.2, 0.25) is 0 Å². The summed E-state index contributed by atoms with van der Waals surface area (Å²) in [7, 11) is -4.04. The molecule has 38 heavy (non-hydrogen) atoms. The molecule has 9 nitrogen and oxygen atoms in total. The Hall–Kier alpha value is -3.67. The van der Waals surface area contributed by atoms with Crippen LogP contribution < -0.4 is 9.46 Å². The van der Waals surface area contributed by atoms with Gasteiger partial charge in [-0.05, 0) is 62.0 Å². The van der Waals surface area contributed by atoms with Gasteiger partial charge in [0.2, 0.25) is 5.89 Å². The number of anilines is 1. The third-order valence-corrected chi connectivity index (χ3v) is 7.82. The van der Waals surface area contributed by atoms with E-state index in [9.17, 15) is 13.2 Å². The van der Waals surface area contributed by atoms with Crippen molar-refractivity contribution in [3.8, 4) is 16.5 Å². The molecule has 200 valence electrons. The smallest absolute Gasteiger partial charge is 0.321 e. The monoisotopic (exact) mass is 555 g/mol. The molecule has 4 aromatic rings. The Bertz CT molecular complexity index is 1450. The second-order valence-corrected chi connectivity index (χ2v) is 11.1. The van der Waals surface area contributed by atoms with Crippen molar-refractivity contribution in [2.75, 3.05) is 17.9 Å². The molecule has 0 aliphatic carbocycles. The summed E-state index contributed by atoms with van der Waals surface area (Å²) in [6.07, 6.45) is 0. The van der Waals surface area contributed by atoms with Crippen molar-refractivity contribution in [3.05, 3.63) is 88.6 Å². The molecule has 0 fully saturated rings. The van der Waals surface area contributed by atoms with Gasteiger partial charge >= 0.3 is 16.2 Å². The zero-order chi connectivity index (χ0) is 27.1. The molecule has 4 rings (SSSR count). The van der Waals surface area contributed by atoms with Crippen LogP contribution in [0, 0.1) is 13.8 Å². The molecule has 0 atom stereocenters. The van der Waals surface area contributed by atoms with Gasteiger partial charge in [-0.2, -0.15) is 12.7 Å². The lowest BCUT2D eigenvalue weighted by atomic mass is 10.2. The minimum absolute atomic E-state index is 0.0349. The van der Waals surface area contributed by atoms with Crippen LogP contribution in [-0.2, 0) is 32.9 Å². The third-order valence-electron chi connectivity index (χ3n) is 5.53. The number of carbonyl (C=O) groups excluding carboxylic acids is 1. The molecule has 0 aliphatic heterocycles. The second kappa shape index (κ2) is 12.2. The van der Waals surface area contributed by atoms with Gasteiger partial charge in [-0.15, -0.1) is 11.3 Å². The second-order valence-electron chi connectivity index (χ2n) is 8.48. The summed E-state index contributed by atoms with van der Waals surface area (Å²) in [5.41, 5.74) is 2.78. The highest BCUT2D eigenvalue weighted by molar-refractivity contribution is 7.90. The van der Waals surface area contributed by atoms with Gasteiger partial charge in [-0.3, -0.25) is 9.52 Å². The first-order chi connectivity index (χ1) is 18.2. The summed E-state index contributed by atoms with van der Waals surface area (Å²) in [4.78, 5) is 17.7. The van der Waals surface area contributed by atoms with Crippen LogP contribution in [0.25, 0.3) is 10.8 Å². The fourth-order valence-corrected chi connectivity index (χ4v) is 5.33. The summed E-state index contributed by atoms with van der Waals surface area (Å²) in [6.45, 7) is 5.35. The lowest BCUT2D eigenvalue weighted by molar-refractivity contribution is -0.143. The molecule has 0 saturated carbocycles. The number of nitrogens with one attached hydrogen (secondary N) is 1. The molecule has 2 heterocycles. The normalized spacial score (nSPS) is 11.5. The summed E-state index contributed by atoms with van der Waals surface area (Å²) in [6, 6.07) is 17.8. The number of ether oxygens (including phenoxy) is 2. The topological polar surface area (TPSA) is 111 Å². The van der Waals surface area contributed by atoms with E-state index in [1.165, 1.54) is 0 Å². The first-order valence-corrected chi connectivity index (χ1v) is 14.3. The average Bonchev–Trinajstić information content (AvgIpc) is 3.55. The maximum absolute atomic E-state index is 13.1. The number of rotatable bonds is 12. The summed E-state index contributed by atoms with van der Waals surface area (Å²) in [5.74, 6) is 1.21. The fourth-order valence-electron chi connectivity index (χ4n) is 3.53. The number of aryl methyl sites for hydroxylation is 2. The standard InChI is InChI=1S/C27H29N3O6S2/c1-4-34-26(31)17-30(38(32,33)29-22-11-7-19(2)8-12-22)16-21-9-13-23(14-10-21)35-18-24-20(3)36-27(28-24)25-6-5-15-37-25/h5-15,29H,4,16-18H2,1-3H3. The van der Waals surface area contributed by atoms with Crippen molar-refractivity contribution in [1.29, 1.82) is 0 Å². The van der Waals surface area contributed by atoms with Crippen LogP contribution in [0.4, 0.5) is 5.69 Å². The summed E-state index contributed by atoms with van der Waals surface area (Å²) < 4.78 is 46.5. The molecule has 0 saturated heterocycles. The quantitative estimate of drug-likeness (QED) is 0.236. The molecule has 0 radical (unpaired) electrons. The lowest BCUT2D eigenvalue weighted by Crippen LogP contribution is -2.39. The van der Waals surface area contributed by atoms with Crippen LogP contribution in [0.3, 0.4) is 0 Å². The predicted octanol–water partition coefficient (Wildman–Crippen LogP) is 5.32. The van der Waals surface area contributed by atoms with Gasteiger partial charge in [0.05, 0.1) is 11.5 Å². The molecule has 1 N–H and O–H groups in total. The van der Waals surface area contributed by atoms with Crippen LogP contribution in [0.1, 0.15) is 29.5 Å². The van der Waals surface area contributed by atoms with E-state index in [4.69, 9.17) is 13.9 Å². The Kier molecular flexibility index (Phi) is 8.82. The minimum Gasteiger partial charge on any atom is -0.487 e. The molecule has 0 spiro atoms. The highest BCUT2D eigenvalue weighted by atomic mass is 32.2. The predicted molar refractivity (Wildman–Crippen MR) is 146 cm³/mol. The van der Waals surface area contributed by atoms with E-state index >= 15 is 0 Å². The van der Waals surface area contributed by atoms with Crippen molar-refractivity contribution in [1.82, 2.24) is 9.29 Å². The van der Waals surface area contributed by atoms with E-state index in [2.05, 4.69) is 9.71 Å². The molecule has 2 aromatic heterocycles. The number of esters is 1. The number of oxazole rings is 1. The van der Waals surface area contributed by atoms with Gasteiger partial charge in [0.15, 0.2) is 0 Å². The molecule has 0 bridgehead atoms. The maximum Gasteiger partial charge on any atom is 0.321 e. The SMILES string of the molecule is CCOC(=O)CN(Cc1ccc(OCc2nc(-c3cccs3)oc2C)cc1)S(=O)(=O)Nc1ccc(C)cc1. The molecule has 0 aliphatic rings. The third kappa shape index (κ3) is 7.21. The number of hydrogen-bond donors (Lipinski definition) is 1. The van der Waals surface area contributed by atoms with E-state index in [1.807, 2.05) is 31.4 Å². The van der Waals surface area contributed by atoms with E-state index in [0.29, 0.717) is 34.3 Å². The Balaban J connectivity index is 1.43. The summed E-state index contributed by atoms with van der Waals surface area (Å²) in [5, 5.41) is 1.96. The Labute approximate surface area is 226 Å². The largest absolute Gasteiger partial charge is 0.487 e. The first-order valence-electron chi connectivity index (χ1n) is 12.0. The Morgan fingerprint density at radius 1 is 1.08 bits per heavy atom. The number of benzene rings is 2. The Morgan fingerprint density at radius 2 is 1.82 bits per heavy atom. The van der Waals surface area contributed by atoms with Crippen LogP contribution in [-0.4, -0.2) is 36.8 Å². The zero-order valence-electron chi connectivity index (χ0n) is 21.3. The van der Waals surface area contributed by atoms with Gasteiger partial charge < -0.3 is 13.9 Å². The van der Waals surface area contributed by atoms with E-state index in [-0.39, 0.29) is 19.8 Å². The van der Waals surface area contributed by atoms with Crippen molar-refractivity contribution in [2.24, 2.45) is 0 Å². The highest BCUT2D eigenvalue weighted by Gasteiger charge is 2.26. The van der Waals surface area contributed by atoms with Crippen molar-refractivity contribution in [2.45, 2.75) is 33.9 Å². The summed E-state index contributed by atoms with van der Waals surface area (Å²) >= 11 is 1.55. The van der Waals surface area contributed by atoms with Crippen LogP contribution >= 0.6 is 11.3 Å². The number of carbonyl (C=O) groups is 1. The fraction of sp³-hybridized carbons (Fsp3) is 0.259. The molecule has 2 aromatic carbocycles. The van der Waals surface area contributed by atoms with Crippen molar-refractivity contribution >= 4 is 33.2 Å². The van der Waals surface area contributed by atoms with Crippen LogP contribution in [0.5, 0.6) is 5.75 Å². The van der Waals surface area contributed by atoms with Crippen molar-refractivity contribution < 1.29 is 27.1 Å². The zero-order valence-corrected chi connectivity index (χ0v) is 23.0. The number of nitrogens with zero attached hydrogens (tertiary/aromatic N) is 2. The van der Waals surface area contributed by atoms with E-state index in [0.717, 1.165) is 14.7 Å². The van der Waals surface area contributed by atoms with E-state index < -0.39 is 22.7 Å². The molecular weight excluding hydrogens is 526 g/mol. The molecular formula is C27H29N3O6S2. The van der Waals surface area contributed by atoms with Gasteiger partial charge in [0.1, 0.15) is 30.4 Å². The molecule has 11 heteroatoms.